The van der Waals surface area contributed by atoms with Gasteiger partial charge in [0.05, 0.1) is 17.2 Å². The molecule has 182 valence electrons. The Hall–Kier alpha value is -3.78. The summed E-state index contributed by atoms with van der Waals surface area (Å²) >= 11 is 0. The minimum atomic E-state index is -0.822. The van der Waals surface area contributed by atoms with Gasteiger partial charge in [0.25, 0.3) is 5.91 Å². The molecule has 0 spiro atoms. The third-order valence-corrected chi connectivity index (χ3v) is 6.48. The van der Waals surface area contributed by atoms with Crippen LogP contribution in [0.25, 0.3) is 10.9 Å². The molecular weight excluding hydrogens is 442 g/mol. The number of hydrogen-bond donors (Lipinski definition) is 3. The van der Waals surface area contributed by atoms with E-state index < -0.39 is 18.1 Å². The van der Waals surface area contributed by atoms with Crippen molar-refractivity contribution < 1.29 is 14.4 Å². The van der Waals surface area contributed by atoms with E-state index in [9.17, 15) is 14.4 Å². The van der Waals surface area contributed by atoms with Crippen LogP contribution in [0.1, 0.15) is 37.9 Å². The zero-order valence-corrected chi connectivity index (χ0v) is 20.4. The van der Waals surface area contributed by atoms with E-state index in [2.05, 4.69) is 20.9 Å². The van der Waals surface area contributed by atoms with Gasteiger partial charge in [0.1, 0.15) is 12.1 Å². The zero-order chi connectivity index (χ0) is 25.1. The van der Waals surface area contributed by atoms with E-state index in [1.165, 1.54) is 0 Å². The number of carbonyl (C=O) groups excluding carboxylic acids is 3. The Bertz CT molecular complexity index is 1250. The van der Waals surface area contributed by atoms with Crippen LogP contribution in [0.15, 0.2) is 60.8 Å². The Morgan fingerprint density at radius 3 is 2.49 bits per heavy atom. The van der Waals surface area contributed by atoms with Crippen LogP contribution < -0.4 is 16.0 Å². The first-order valence-corrected chi connectivity index (χ1v) is 11.8. The van der Waals surface area contributed by atoms with Gasteiger partial charge in [-0.2, -0.15) is 0 Å². The molecule has 0 saturated carbocycles. The molecule has 1 aromatic heterocycles. The number of aromatic nitrogens is 1. The monoisotopic (exact) mass is 473 g/mol. The van der Waals surface area contributed by atoms with E-state index in [1.807, 2.05) is 62.4 Å². The van der Waals surface area contributed by atoms with Crippen molar-refractivity contribution in [1.82, 2.24) is 20.5 Å². The summed E-state index contributed by atoms with van der Waals surface area (Å²) in [6, 6.07) is 14.9. The van der Waals surface area contributed by atoms with Crippen molar-refractivity contribution in [3.8, 4) is 0 Å². The van der Waals surface area contributed by atoms with Gasteiger partial charge >= 0.3 is 0 Å². The second-order valence-corrected chi connectivity index (χ2v) is 9.18. The number of nitrogens with zero attached hydrogens (tertiary/aromatic N) is 2. The fourth-order valence-corrected chi connectivity index (χ4v) is 4.38. The standard InChI is InChI=1S/C27H31N5O3/c1-16(2)22(31-25(33)17(3)28-4)27(35)32-15-19-9-5-6-12-20(19)24(32)26(34)30-21-13-7-10-18-11-8-14-29-23(18)21/h5-14,16-17,22,24,28H,15H2,1-4H3,(H,30,34)(H,31,33). The number of fused-ring (bicyclic) bond motifs is 2. The quantitative estimate of drug-likeness (QED) is 0.490. The Kier molecular flexibility index (Phi) is 7.12. The molecule has 3 atom stereocenters. The molecule has 0 radical (unpaired) electrons. The molecule has 2 heterocycles. The number of amides is 3. The topological polar surface area (TPSA) is 103 Å². The van der Waals surface area contributed by atoms with Crippen molar-refractivity contribution in [1.29, 1.82) is 0 Å². The Labute approximate surface area is 205 Å². The molecule has 3 amide bonds. The number of hydrogen-bond acceptors (Lipinski definition) is 5. The Balaban J connectivity index is 1.65. The molecule has 0 fully saturated rings. The molecule has 8 nitrogen and oxygen atoms in total. The zero-order valence-electron chi connectivity index (χ0n) is 20.4. The fraction of sp³-hybridized carbons (Fsp3) is 0.333. The summed E-state index contributed by atoms with van der Waals surface area (Å²) in [5.74, 6) is -1.03. The largest absolute Gasteiger partial charge is 0.343 e. The van der Waals surface area contributed by atoms with E-state index in [0.717, 1.165) is 16.5 Å². The molecule has 4 rings (SSSR count). The lowest BCUT2D eigenvalue weighted by Crippen LogP contribution is -2.55. The van der Waals surface area contributed by atoms with Crippen molar-refractivity contribution in [2.45, 2.75) is 45.4 Å². The summed E-state index contributed by atoms with van der Waals surface area (Å²) in [4.78, 5) is 46.0. The van der Waals surface area contributed by atoms with E-state index in [1.54, 1.807) is 31.1 Å². The van der Waals surface area contributed by atoms with Crippen LogP contribution in [0.3, 0.4) is 0 Å². The highest BCUT2D eigenvalue weighted by atomic mass is 16.2. The number of likely N-dealkylation sites (N-methyl/N-ethyl adjacent to an activating group) is 1. The first-order chi connectivity index (χ1) is 16.8. The summed E-state index contributed by atoms with van der Waals surface area (Å²) in [5.41, 5.74) is 2.96. The lowest BCUT2D eigenvalue weighted by molar-refractivity contribution is -0.143. The third-order valence-electron chi connectivity index (χ3n) is 6.48. The van der Waals surface area contributed by atoms with Crippen LogP contribution in [-0.2, 0) is 20.9 Å². The molecule has 35 heavy (non-hydrogen) atoms. The number of pyridine rings is 1. The molecule has 0 bridgehead atoms. The van der Waals surface area contributed by atoms with E-state index in [4.69, 9.17) is 0 Å². The van der Waals surface area contributed by atoms with Crippen LogP contribution in [0.4, 0.5) is 5.69 Å². The van der Waals surface area contributed by atoms with Gasteiger partial charge in [-0.05, 0) is 43.1 Å². The van der Waals surface area contributed by atoms with Crippen LogP contribution >= 0.6 is 0 Å². The minimum absolute atomic E-state index is 0.162. The molecular formula is C27H31N5O3. The van der Waals surface area contributed by atoms with Crippen molar-refractivity contribution in [3.05, 3.63) is 71.9 Å². The highest BCUT2D eigenvalue weighted by molar-refractivity contribution is 6.04. The van der Waals surface area contributed by atoms with E-state index in [0.29, 0.717) is 17.7 Å². The maximum Gasteiger partial charge on any atom is 0.251 e. The van der Waals surface area contributed by atoms with Gasteiger partial charge in [0.15, 0.2) is 0 Å². The van der Waals surface area contributed by atoms with Gasteiger partial charge in [-0.1, -0.05) is 56.3 Å². The molecule has 2 aromatic carbocycles. The number of carbonyl (C=O) groups is 3. The molecule has 3 unspecified atom stereocenters. The molecule has 3 N–H and O–H groups in total. The number of benzene rings is 2. The molecule has 0 saturated heterocycles. The number of anilines is 1. The molecule has 8 heteroatoms. The van der Waals surface area contributed by atoms with Gasteiger partial charge in [-0.25, -0.2) is 0 Å². The second kappa shape index (κ2) is 10.2. The van der Waals surface area contributed by atoms with Gasteiger partial charge in [-0.3, -0.25) is 19.4 Å². The van der Waals surface area contributed by atoms with E-state index in [-0.39, 0.29) is 23.6 Å². The summed E-state index contributed by atoms with van der Waals surface area (Å²) in [7, 11) is 1.69. The normalized spacial score (nSPS) is 16.6. The lowest BCUT2D eigenvalue weighted by Gasteiger charge is -2.31. The summed E-state index contributed by atoms with van der Waals surface area (Å²) in [5, 5.41) is 9.67. The number of nitrogens with one attached hydrogen (secondary N) is 3. The molecule has 1 aliphatic rings. The first-order valence-electron chi connectivity index (χ1n) is 11.8. The molecule has 3 aromatic rings. The van der Waals surface area contributed by atoms with Gasteiger partial charge < -0.3 is 20.9 Å². The predicted molar refractivity (Wildman–Crippen MR) is 135 cm³/mol. The molecule has 1 aliphatic heterocycles. The van der Waals surface area contributed by atoms with Gasteiger partial charge in [-0.15, -0.1) is 0 Å². The average Bonchev–Trinajstić information content (AvgIpc) is 3.26. The van der Waals surface area contributed by atoms with Crippen LogP contribution in [0.5, 0.6) is 0 Å². The van der Waals surface area contributed by atoms with Crippen molar-refractivity contribution >= 4 is 34.3 Å². The SMILES string of the molecule is CNC(C)C(=O)NC(C(=O)N1Cc2ccccc2C1C(=O)Nc1cccc2cccnc12)C(C)C. The third kappa shape index (κ3) is 4.88. The lowest BCUT2D eigenvalue weighted by atomic mass is 10.0. The van der Waals surface area contributed by atoms with Crippen molar-refractivity contribution in [2.24, 2.45) is 5.92 Å². The Morgan fingerprint density at radius 1 is 1.00 bits per heavy atom. The first kappa shape index (κ1) is 24.3. The van der Waals surface area contributed by atoms with Gasteiger partial charge in [0.2, 0.25) is 11.8 Å². The summed E-state index contributed by atoms with van der Waals surface area (Å²) in [6.07, 6.45) is 1.68. The van der Waals surface area contributed by atoms with Crippen LogP contribution in [0.2, 0.25) is 0 Å². The Morgan fingerprint density at radius 2 is 1.74 bits per heavy atom. The summed E-state index contributed by atoms with van der Waals surface area (Å²) < 4.78 is 0. The van der Waals surface area contributed by atoms with Crippen LogP contribution in [0, 0.1) is 5.92 Å². The highest BCUT2D eigenvalue weighted by Crippen LogP contribution is 2.36. The predicted octanol–water partition coefficient (Wildman–Crippen LogP) is 3.01. The maximum atomic E-state index is 13.8. The average molecular weight is 474 g/mol. The fourth-order valence-electron chi connectivity index (χ4n) is 4.38. The minimum Gasteiger partial charge on any atom is -0.343 e. The van der Waals surface area contributed by atoms with Crippen molar-refractivity contribution in [2.75, 3.05) is 12.4 Å². The summed E-state index contributed by atoms with van der Waals surface area (Å²) in [6.45, 7) is 5.79. The van der Waals surface area contributed by atoms with Crippen LogP contribution in [-0.4, -0.2) is 46.7 Å². The number of rotatable bonds is 7. The number of para-hydroxylation sites is 1. The van der Waals surface area contributed by atoms with E-state index >= 15 is 0 Å². The second-order valence-electron chi connectivity index (χ2n) is 9.18. The van der Waals surface area contributed by atoms with Gasteiger partial charge in [0, 0.05) is 18.1 Å². The smallest absolute Gasteiger partial charge is 0.251 e. The highest BCUT2D eigenvalue weighted by Gasteiger charge is 2.42. The van der Waals surface area contributed by atoms with Crippen molar-refractivity contribution in [3.63, 3.8) is 0 Å². The maximum absolute atomic E-state index is 13.8. The molecule has 0 aliphatic carbocycles.